The summed E-state index contributed by atoms with van der Waals surface area (Å²) in [5, 5.41) is 10.6. The van der Waals surface area contributed by atoms with Crippen LogP contribution in [-0.2, 0) is 0 Å². The first kappa shape index (κ1) is 16.7. The van der Waals surface area contributed by atoms with Gasteiger partial charge in [-0.05, 0) is 36.8 Å². The summed E-state index contributed by atoms with van der Waals surface area (Å²) in [7, 11) is 0. The van der Waals surface area contributed by atoms with E-state index in [0.717, 1.165) is 13.0 Å². The number of benzene rings is 1. The van der Waals surface area contributed by atoms with Gasteiger partial charge in [0.15, 0.2) is 0 Å². The number of nitrogens with zero attached hydrogens (tertiary/aromatic N) is 4. The van der Waals surface area contributed by atoms with Crippen LogP contribution in [0.1, 0.15) is 6.42 Å². The predicted octanol–water partition coefficient (Wildman–Crippen LogP) is 3.60. The van der Waals surface area contributed by atoms with Gasteiger partial charge in [0.05, 0.1) is 28.8 Å². The van der Waals surface area contributed by atoms with Gasteiger partial charge in [0.2, 0.25) is 5.88 Å². The van der Waals surface area contributed by atoms with Crippen molar-refractivity contribution in [3.63, 3.8) is 0 Å². The van der Waals surface area contributed by atoms with Crippen LogP contribution in [-0.4, -0.2) is 32.6 Å². The topological polar surface area (TPSA) is 71.4 Å². The molecule has 3 aromatic rings. The number of anilines is 1. The average molecular weight is 376 g/mol. The smallest absolute Gasteiger partial charge is 0.325 e. The van der Waals surface area contributed by atoms with E-state index in [1.54, 1.807) is 30.6 Å². The lowest BCUT2D eigenvalue weighted by Crippen LogP contribution is -2.32. The van der Waals surface area contributed by atoms with Gasteiger partial charge in [0.1, 0.15) is 11.6 Å². The van der Waals surface area contributed by atoms with Crippen LogP contribution in [0, 0.1) is 11.7 Å². The fourth-order valence-corrected chi connectivity index (χ4v) is 3.86. The first-order valence-corrected chi connectivity index (χ1v) is 9.09. The van der Waals surface area contributed by atoms with E-state index in [9.17, 15) is 9.50 Å². The van der Waals surface area contributed by atoms with Crippen LogP contribution in [0.5, 0.6) is 11.9 Å². The van der Waals surface area contributed by atoms with E-state index in [2.05, 4.69) is 19.9 Å². The zero-order chi connectivity index (χ0) is 19.1. The molecule has 140 valence electrons. The first-order chi connectivity index (χ1) is 13.7. The molecule has 0 spiro atoms. The number of rotatable bonds is 3. The number of aromatic hydroxyl groups is 1. The van der Waals surface area contributed by atoms with Crippen molar-refractivity contribution in [1.82, 2.24) is 15.0 Å². The minimum atomic E-state index is -0.212. The maximum Gasteiger partial charge on any atom is 0.325 e. The second-order valence-electron chi connectivity index (χ2n) is 6.84. The molecule has 7 heteroatoms. The quantitative estimate of drug-likeness (QED) is 0.753. The van der Waals surface area contributed by atoms with E-state index in [-0.39, 0.29) is 29.7 Å². The molecule has 1 aromatic carbocycles. The number of hydrogen-bond acceptors (Lipinski definition) is 6. The number of para-hydroxylation sites is 1. The summed E-state index contributed by atoms with van der Waals surface area (Å²) in [6.45, 7) is 0.767. The Hall–Kier alpha value is -3.48. The van der Waals surface area contributed by atoms with Crippen LogP contribution in [0.2, 0.25) is 0 Å². The summed E-state index contributed by atoms with van der Waals surface area (Å²) in [5.74, 6) is 0.457. The molecule has 0 radical (unpaired) electrons. The number of fused-ring (bicyclic) bond motifs is 2. The van der Waals surface area contributed by atoms with E-state index in [4.69, 9.17) is 4.74 Å². The zero-order valence-corrected chi connectivity index (χ0v) is 14.9. The molecule has 2 atom stereocenters. The molecule has 2 unspecified atom stereocenters. The molecule has 3 heterocycles. The molecule has 2 aliphatic rings. The number of halogens is 1. The van der Waals surface area contributed by atoms with Crippen LogP contribution in [0.4, 0.5) is 10.1 Å². The Kier molecular flexibility index (Phi) is 3.93. The maximum absolute atomic E-state index is 14.2. The summed E-state index contributed by atoms with van der Waals surface area (Å²) in [6, 6.07) is 8.63. The van der Waals surface area contributed by atoms with E-state index in [0.29, 0.717) is 22.3 Å². The highest BCUT2D eigenvalue weighted by molar-refractivity contribution is 5.82. The van der Waals surface area contributed by atoms with Gasteiger partial charge in [-0.1, -0.05) is 18.2 Å². The van der Waals surface area contributed by atoms with E-state index in [1.807, 2.05) is 24.3 Å². The number of hydrogen-bond donors (Lipinski definition) is 1. The minimum absolute atomic E-state index is 0.0660. The lowest BCUT2D eigenvalue weighted by Gasteiger charge is -2.29. The molecule has 1 saturated heterocycles. The van der Waals surface area contributed by atoms with Gasteiger partial charge in [-0.15, -0.1) is 0 Å². The third-order valence-electron chi connectivity index (χ3n) is 5.17. The molecule has 0 saturated carbocycles. The zero-order valence-electron chi connectivity index (χ0n) is 14.9. The Morgan fingerprint density at radius 1 is 1.18 bits per heavy atom. The predicted molar refractivity (Wildman–Crippen MR) is 102 cm³/mol. The van der Waals surface area contributed by atoms with E-state index in [1.165, 1.54) is 6.07 Å². The largest absolute Gasteiger partial charge is 0.493 e. The highest BCUT2D eigenvalue weighted by Gasteiger charge is 2.34. The Morgan fingerprint density at radius 3 is 2.96 bits per heavy atom. The Bertz CT molecular complexity index is 1110. The van der Waals surface area contributed by atoms with Gasteiger partial charge in [0.25, 0.3) is 0 Å². The summed E-state index contributed by atoms with van der Waals surface area (Å²) < 4.78 is 20.0. The summed E-state index contributed by atoms with van der Waals surface area (Å²) in [4.78, 5) is 14.4. The normalized spacial score (nSPS) is 20.9. The van der Waals surface area contributed by atoms with Crippen LogP contribution in [0.15, 0.2) is 66.7 Å². The molecule has 1 N–H and O–H groups in total. The molecule has 5 rings (SSSR count). The van der Waals surface area contributed by atoms with Crippen molar-refractivity contribution < 1.29 is 14.2 Å². The summed E-state index contributed by atoms with van der Waals surface area (Å²) in [6.07, 6.45) is 9.88. The van der Waals surface area contributed by atoms with Crippen molar-refractivity contribution in [3.8, 4) is 11.9 Å². The third-order valence-corrected chi connectivity index (χ3v) is 5.17. The van der Waals surface area contributed by atoms with Crippen LogP contribution < -0.4 is 9.64 Å². The van der Waals surface area contributed by atoms with E-state index < -0.39 is 0 Å². The molecule has 1 aliphatic heterocycles. The Morgan fingerprint density at radius 2 is 2.07 bits per heavy atom. The SMILES string of the molecule is Oc1nc(OC2=CC3CCN(c4ccccc4F)C3C=C2)nc2cnccc12. The molecule has 1 aliphatic carbocycles. The summed E-state index contributed by atoms with van der Waals surface area (Å²) in [5.41, 5.74) is 1.13. The van der Waals surface area contributed by atoms with Gasteiger partial charge in [0, 0.05) is 18.7 Å². The molecule has 2 aromatic heterocycles. The number of aromatic nitrogens is 3. The van der Waals surface area contributed by atoms with Crippen molar-refractivity contribution in [2.24, 2.45) is 5.92 Å². The maximum atomic E-state index is 14.2. The van der Waals surface area contributed by atoms with Gasteiger partial charge >= 0.3 is 6.01 Å². The number of pyridine rings is 1. The third kappa shape index (κ3) is 2.85. The van der Waals surface area contributed by atoms with Crippen molar-refractivity contribution in [1.29, 1.82) is 0 Å². The van der Waals surface area contributed by atoms with Crippen molar-refractivity contribution >= 4 is 16.6 Å². The lowest BCUT2D eigenvalue weighted by molar-refractivity contribution is 0.381. The molecule has 0 amide bonds. The minimum Gasteiger partial charge on any atom is -0.493 e. The second kappa shape index (κ2) is 6.60. The average Bonchev–Trinajstić information content (AvgIpc) is 3.11. The van der Waals surface area contributed by atoms with Crippen molar-refractivity contribution in [2.45, 2.75) is 12.5 Å². The monoisotopic (exact) mass is 376 g/mol. The van der Waals surface area contributed by atoms with Gasteiger partial charge in [-0.3, -0.25) is 4.98 Å². The van der Waals surface area contributed by atoms with Crippen LogP contribution in [0.3, 0.4) is 0 Å². The standard InChI is InChI=1S/C21H17FN4O2/c22-16-3-1-2-4-19(16)26-10-8-13-11-14(5-6-18(13)26)28-21-24-17-12-23-9-7-15(17)20(27)25-21/h1-7,9,11-13,18H,8,10H2,(H,24,25,27). The van der Waals surface area contributed by atoms with Gasteiger partial charge in [-0.25, -0.2) is 4.39 Å². The fourth-order valence-electron chi connectivity index (χ4n) is 3.86. The highest BCUT2D eigenvalue weighted by Crippen LogP contribution is 2.36. The van der Waals surface area contributed by atoms with Crippen LogP contribution >= 0.6 is 0 Å². The fraction of sp³-hybridized carbons (Fsp3) is 0.190. The lowest BCUT2D eigenvalue weighted by atomic mass is 9.95. The first-order valence-electron chi connectivity index (χ1n) is 9.09. The Balaban J connectivity index is 1.38. The highest BCUT2D eigenvalue weighted by atomic mass is 19.1. The molecule has 28 heavy (non-hydrogen) atoms. The second-order valence-corrected chi connectivity index (χ2v) is 6.84. The van der Waals surface area contributed by atoms with E-state index >= 15 is 0 Å². The molecular formula is C21H17FN4O2. The summed E-state index contributed by atoms with van der Waals surface area (Å²) >= 11 is 0. The Labute approximate surface area is 160 Å². The van der Waals surface area contributed by atoms with Crippen LogP contribution in [0.25, 0.3) is 10.9 Å². The van der Waals surface area contributed by atoms with Gasteiger partial charge < -0.3 is 14.7 Å². The number of ether oxygens (including phenoxy) is 1. The molecular weight excluding hydrogens is 359 g/mol. The molecule has 1 fully saturated rings. The molecule has 6 nitrogen and oxygen atoms in total. The van der Waals surface area contributed by atoms with Crippen molar-refractivity contribution in [2.75, 3.05) is 11.4 Å². The molecule has 0 bridgehead atoms. The number of allylic oxidation sites excluding steroid dienone is 1. The van der Waals surface area contributed by atoms with Gasteiger partial charge in [-0.2, -0.15) is 9.97 Å². The van der Waals surface area contributed by atoms with Crippen molar-refractivity contribution in [3.05, 3.63) is 72.5 Å².